The molecule has 2 heterocycles. The Hall–Kier alpha value is -2.36. The highest BCUT2D eigenvalue weighted by Gasteiger charge is 2.13. The number of fused-ring (bicyclic) bond motifs is 1. The molecule has 0 aliphatic rings. The van der Waals surface area contributed by atoms with E-state index < -0.39 is 0 Å². The highest BCUT2D eigenvalue weighted by molar-refractivity contribution is 5.70. The van der Waals surface area contributed by atoms with Crippen molar-refractivity contribution in [2.75, 3.05) is 0 Å². The van der Waals surface area contributed by atoms with E-state index in [1.54, 1.807) is 6.20 Å². The van der Waals surface area contributed by atoms with Crippen LogP contribution in [0, 0.1) is 12.3 Å². The molecular weight excluding hydrogens is 236 g/mol. The predicted molar refractivity (Wildman–Crippen MR) is 74.9 cm³/mol. The Kier molecular flexibility index (Phi) is 2.71. The Balaban J connectivity index is 2.16. The van der Waals surface area contributed by atoms with Crippen LogP contribution in [0.5, 0.6) is 0 Å². The van der Waals surface area contributed by atoms with Gasteiger partial charge in [-0.05, 0) is 31.5 Å². The van der Waals surface area contributed by atoms with Crippen molar-refractivity contribution in [1.82, 2.24) is 14.5 Å². The third-order valence-corrected chi connectivity index (χ3v) is 3.47. The Morgan fingerprint density at radius 1 is 1.21 bits per heavy atom. The largest absolute Gasteiger partial charge is 0.309 e. The van der Waals surface area contributed by atoms with Crippen LogP contribution in [0.15, 0.2) is 42.6 Å². The van der Waals surface area contributed by atoms with Crippen molar-refractivity contribution in [2.24, 2.45) is 0 Å². The van der Waals surface area contributed by atoms with Gasteiger partial charge in [0.05, 0.1) is 11.6 Å². The fourth-order valence-electron chi connectivity index (χ4n) is 2.38. The van der Waals surface area contributed by atoms with Gasteiger partial charge in [0.1, 0.15) is 0 Å². The monoisotopic (exact) mass is 252 g/mol. The predicted octanol–water partition coefficient (Wildman–Crippen LogP) is 2.76. The van der Waals surface area contributed by atoms with Gasteiger partial charge in [0.15, 0.2) is 5.65 Å². The molecule has 0 spiro atoms. The first-order chi connectivity index (χ1) is 9.16. The first-order valence-corrected chi connectivity index (χ1v) is 6.33. The maximum Gasteiger partial charge on any atom is 0.202 e. The molecule has 2 N–H and O–H groups in total. The molecule has 0 saturated heterocycles. The van der Waals surface area contributed by atoms with Gasteiger partial charge in [-0.2, -0.15) is 0 Å². The molecule has 0 saturated carbocycles. The number of H-pyrrole nitrogens is 1. The van der Waals surface area contributed by atoms with Gasteiger partial charge in [0.2, 0.25) is 5.62 Å². The zero-order valence-electron chi connectivity index (χ0n) is 11.0. The SMILES string of the molecule is Cc1ccc(C(C)n2c(=N)[nH]c3ncccc32)cc1. The van der Waals surface area contributed by atoms with Crippen LogP contribution in [-0.2, 0) is 0 Å². The summed E-state index contributed by atoms with van der Waals surface area (Å²) in [6.07, 6.45) is 1.74. The zero-order chi connectivity index (χ0) is 13.4. The van der Waals surface area contributed by atoms with E-state index in [-0.39, 0.29) is 6.04 Å². The van der Waals surface area contributed by atoms with Gasteiger partial charge in [-0.3, -0.25) is 5.41 Å². The van der Waals surface area contributed by atoms with Gasteiger partial charge in [-0.15, -0.1) is 0 Å². The van der Waals surface area contributed by atoms with E-state index in [4.69, 9.17) is 5.41 Å². The molecule has 4 nitrogen and oxygen atoms in total. The average molecular weight is 252 g/mol. The lowest BCUT2D eigenvalue weighted by Gasteiger charge is -2.15. The van der Waals surface area contributed by atoms with E-state index in [0.29, 0.717) is 5.62 Å². The van der Waals surface area contributed by atoms with Crippen molar-refractivity contribution in [3.05, 3.63) is 59.3 Å². The molecule has 1 unspecified atom stereocenters. The summed E-state index contributed by atoms with van der Waals surface area (Å²) < 4.78 is 1.97. The van der Waals surface area contributed by atoms with Crippen LogP contribution in [0.3, 0.4) is 0 Å². The number of nitrogens with one attached hydrogen (secondary N) is 2. The van der Waals surface area contributed by atoms with E-state index >= 15 is 0 Å². The van der Waals surface area contributed by atoms with Crippen LogP contribution in [0.25, 0.3) is 11.2 Å². The number of hydrogen-bond acceptors (Lipinski definition) is 2. The van der Waals surface area contributed by atoms with Crippen LogP contribution < -0.4 is 5.62 Å². The van der Waals surface area contributed by atoms with Crippen molar-refractivity contribution >= 4 is 11.2 Å². The van der Waals surface area contributed by atoms with Crippen LogP contribution in [0.4, 0.5) is 0 Å². The molecule has 2 aromatic heterocycles. The first-order valence-electron chi connectivity index (χ1n) is 6.33. The number of hydrogen-bond donors (Lipinski definition) is 2. The van der Waals surface area contributed by atoms with Crippen LogP contribution in [-0.4, -0.2) is 14.5 Å². The number of pyridine rings is 1. The number of aromatic nitrogens is 3. The molecule has 4 heteroatoms. The number of nitrogens with zero attached hydrogens (tertiary/aromatic N) is 2. The summed E-state index contributed by atoms with van der Waals surface area (Å²) in [7, 11) is 0. The van der Waals surface area contributed by atoms with Gasteiger partial charge in [-0.1, -0.05) is 29.8 Å². The summed E-state index contributed by atoms with van der Waals surface area (Å²) in [6, 6.07) is 12.4. The van der Waals surface area contributed by atoms with Crippen molar-refractivity contribution in [2.45, 2.75) is 19.9 Å². The molecule has 3 rings (SSSR count). The second-order valence-electron chi connectivity index (χ2n) is 4.80. The van der Waals surface area contributed by atoms with Crippen molar-refractivity contribution in [3.63, 3.8) is 0 Å². The summed E-state index contributed by atoms with van der Waals surface area (Å²) in [5.41, 5.74) is 4.52. The quantitative estimate of drug-likeness (QED) is 0.724. The number of rotatable bonds is 2. The van der Waals surface area contributed by atoms with Crippen molar-refractivity contribution in [1.29, 1.82) is 5.41 Å². The smallest absolute Gasteiger partial charge is 0.202 e. The minimum Gasteiger partial charge on any atom is -0.309 e. The number of aromatic amines is 1. The van der Waals surface area contributed by atoms with E-state index in [2.05, 4.69) is 48.1 Å². The van der Waals surface area contributed by atoms with E-state index in [1.807, 2.05) is 16.7 Å². The minimum atomic E-state index is 0.103. The standard InChI is InChI=1S/C15H16N4/c1-10-5-7-12(8-6-10)11(2)19-13-4-3-9-17-14(13)18-15(19)16/h3-9,11H,1-2H3,(H2,16,17,18). The molecule has 0 radical (unpaired) electrons. The van der Waals surface area contributed by atoms with Crippen LogP contribution >= 0.6 is 0 Å². The molecule has 3 aromatic rings. The molecule has 0 aliphatic heterocycles. The van der Waals surface area contributed by atoms with E-state index in [0.717, 1.165) is 11.2 Å². The lowest BCUT2D eigenvalue weighted by Crippen LogP contribution is -2.21. The fraction of sp³-hybridized carbons (Fsp3) is 0.200. The second kappa shape index (κ2) is 4.39. The van der Waals surface area contributed by atoms with Gasteiger partial charge >= 0.3 is 0 Å². The highest BCUT2D eigenvalue weighted by Crippen LogP contribution is 2.20. The number of imidazole rings is 1. The molecule has 96 valence electrons. The maximum atomic E-state index is 8.09. The zero-order valence-corrected chi connectivity index (χ0v) is 11.0. The Morgan fingerprint density at radius 3 is 2.68 bits per heavy atom. The summed E-state index contributed by atoms with van der Waals surface area (Å²) in [5, 5.41) is 8.09. The highest BCUT2D eigenvalue weighted by atomic mass is 15.1. The summed E-state index contributed by atoms with van der Waals surface area (Å²) in [4.78, 5) is 7.26. The summed E-state index contributed by atoms with van der Waals surface area (Å²) in [6.45, 7) is 4.18. The molecule has 0 fully saturated rings. The summed E-state index contributed by atoms with van der Waals surface area (Å²) >= 11 is 0. The molecular formula is C15H16N4. The first kappa shape index (κ1) is 11.7. The minimum absolute atomic E-state index is 0.103. The number of benzene rings is 1. The molecule has 0 aliphatic carbocycles. The third kappa shape index (κ3) is 1.95. The third-order valence-electron chi connectivity index (χ3n) is 3.47. The van der Waals surface area contributed by atoms with Gasteiger partial charge < -0.3 is 9.55 Å². The molecule has 0 bridgehead atoms. The van der Waals surface area contributed by atoms with E-state index in [1.165, 1.54) is 11.1 Å². The fourth-order valence-corrected chi connectivity index (χ4v) is 2.38. The normalized spacial score (nSPS) is 12.7. The lowest BCUT2D eigenvalue weighted by atomic mass is 10.1. The van der Waals surface area contributed by atoms with Crippen molar-refractivity contribution < 1.29 is 0 Å². The van der Waals surface area contributed by atoms with Gasteiger partial charge in [0.25, 0.3) is 0 Å². The lowest BCUT2D eigenvalue weighted by molar-refractivity contribution is 0.618. The maximum absolute atomic E-state index is 8.09. The molecule has 0 amide bonds. The Bertz CT molecular complexity index is 765. The average Bonchev–Trinajstić information content (AvgIpc) is 2.74. The Labute approximate surface area is 111 Å². The Morgan fingerprint density at radius 2 is 1.95 bits per heavy atom. The molecule has 1 aromatic carbocycles. The van der Waals surface area contributed by atoms with Crippen molar-refractivity contribution in [3.8, 4) is 0 Å². The van der Waals surface area contributed by atoms with Gasteiger partial charge in [-0.25, -0.2) is 4.98 Å². The molecule has 1 atom stereocenters. The topological polar surface area (TPSA) is 57.5 Å². The van der Waals surface area contributed by atoms with Crippen LogP contribution in [0.2, 0.25) is 0 Å². The number of aryl methyl sites for hydroxylation is 1. The van der Waals surface area contributed by atoms with Gasteiger partial charge in [0, 0.05) is 6.20 Å². The second-order valence-corrected chi connectivity index (χ2v) is 4.80. The van der Waals surface area contributed by atoms with E-state index in [9.17, 15) is 0 Å². The molecule has 19 heavy (non-hydrogen) atoms. The summed E-state index contributed by atoms with van der Waals surface area (Å²) in [5.74, 6) is 0. The van der Waals surface area contributed by atoms with Crippen LogP contribution in [0.1, 0.15) is 24.1 Å².